The quantitative estimate of drug-likeness (QED) is 0.566. The Kier molecular flexibility index (Phi) is 6.61. The molecule has 1 saturated heterocycles. The lowest BCUT2D eigenvalue weighted by atomic mass is 9.93. The van der Waals surface area contributed by atoms with Gasteiger partial charge in [0, 0.05) is 24.2 Å². The first-order chi connectivity index (χ1) is 13.0. The third-order valence-corrected chi connectivity index (χ3v) is 5.43. The summed E-state index contributed by atoms with van der Waals surface area (Å²) in [6.07, 6.45) is 2.24. The molecule has 4 nitrogen and oxygen atoms in total. The molecule has 1 aromatic carbocycles. The first-order valence-corrected chi connectivity index (χ1v) is 9.88. The SMILES string of the molecule is C=C(C)CN1CCC(c2cccc(OCc3ccc(C#N)cc3P)n2)CC1. The van der Waals surface area contributed by atoms with E-state index in [0.717, 1.165) is 49.0 Å². The zero-order valence-corrected chi connectivity index (χ0v) is 17.0. The fraction of sp³-hybridized carbons (Fsp3) is 0.364. The summed E-state index contributed by atoms with van der Waals surface area (Å²) in [6, 6.07) is 13.8. The number of ether oxygens (including phenoxy) is 1. The van der Waals surface area contributed by atoms with Crippen LogP contribution in [0.25, 0.3) is 0 Å². The van der Waals surface area contributed by atoms with Gasteiger partial charge in [0.1, 0.15) is 6.61 Å². The van der Waals surface area contributed by atoms with Crippen molar-refractivity contribution in [3.8, 4) is 11.9 Å². The molecule has 1 aliphatic rings. The first-order valence-electron chi connectivity index (χ1n) is 9.30. The Hall–Kier alpha value is -2.21. The Bertz CT molecular complexity index is 851. The first kappa shape index (κ1) is 19.5. The van der Waals surface area contributed by atoms with Crippen LogP contribution in [0.2, 0.25) is 0 Å². The van der Waals surface area contributed by atoms with Gasteiger partial charge in [-0.15, -0.1) is 9.24 Å². The lowest BCUT2D eigenvalue weighted by molar-refractivity contribution is 0.225. The van der Waals surface area contributed by atoms with Crippen LogP contribution in [0.1, 0.15) is 42.5 Å². The summed E-state index contributed by atoms with van der Waals surface area (Å²) in [5.74, 6) is 1.15. The summed E-state index contributed by atoms with van der Waals surface area (Å²) >= 11 is 0. The van der Waals surface area contributed by atoms with E-state index in [0.29, 0.717) is 24.0 Å². The fourth-order valence-electron chi connectivity index (χ4n) is 3.45. The smallest absolute Gasteiger partial charge is 0.213 e. The molecule has 1 unspecified atom stereocenters. The number of nitrogens with zero attached hydrogens (tertiary/aromatic N) is 3. The molecule has 5 heteroatoms. The second-order valence-corrected chi connectivity index (χ2v) is 7.84. The van der Waals surface area contributed by atoms with Crippen LogP contribution < -0.4 is 10.0 Å². The highest BCUT2D eigenvalue weighted by Crippen LogP contribution is 2.28. The molecule has 140 valence electrons. The largest absolute Gasteiger partial charge is 0.473 e. The summed E-state index contributed by atoms with van der Waals surface area (Å²) in [4.78, 5) is 7.21. The lowest BCUT2D eigenvalue weighted by Gasteiger charge is -2.31. The minimum atomic E-state index is 0.443. The van der Waals surface area contributed by atoms with Gasteiger partial charge in [-0.25, -0.2) is 4.98 Å². The van der Waals surface area contributed by atoms with Crippen molar-refractivity contribution in [1.82, 2.24) is 9.88 Å². The van der Waals surface area contributed by atoms with Gasteiger partial charge in [-0.1, -0.05) is 24.3 Å². The number of aromatic nitrogens is 1. The normalized spacial score (nSPS) is 15.3. The molecule has 0 N–H and O–H groups in total. The van der Waals surface area contributed by atoms with E-state index >= 15 is 0 Å². The molecule has 0 bridgehead atoms. The number of pyridine rings is 1. The number of benzene rings is 1. The number of nitriles is 1. The standard InChI is InChI=1S/C22H26N3OP/c1-16(2)14-25-10-8-18(9-11-25)20-4-3-5-22(24-20)26-15-19-7-6-17(13-23)12-21(19)27/h3-7,12,18H,1,8-11,14-15,27H2,2H3. The van der Waals surface area contributed by atoms with Crippen molar-refractivity contribution in [2.24, 2.45) is 0 Å². The summed E-state index contributed by atoms with van der Waals surface area (Å²) in [7, 11) is 2.67. The van der Waals surface area contributed by atoms with Gasteiger partial charge in [-0.05, 0) is 61.9 Å². The van der Waals surface area contributed by atoms with Gasteiger partial charge < -0.3 is 4.74 Å². The Morgan fingerprint density at radius 1 is 1.33 bits per heavy atom. The number of likely N-dealkylation sites (tertiary alicyclic amines) is 1. The highest BCUT2D eigenvalue weighted by molar-refractivity contribution is 7.27. The summed E-state index contributed by atoms with van der Waals surface area (Å²) in [5, 5.41) is 9.95. The average molecular weight is 379 g/mol. The van der Waals surface area contributed by atoms with Gasteiger partial charge in [-0.3, -0.25) is 4.90 Å². The predicted octanol–water partition coefficient (Wildman–Crippen LogP) is 3.79. The van der Waals surface area contributed by atoms with E-state index in [1.807, 2.05) is 30.3 Å². The van der Waals surface area contributed by atoms with Crippen LogP contribution in [0.15, 0.2) is 48.6 Å². The number of hydrogen-bond donors (Lipinski definition) is 0. The van der Waals surface area contributed by atoms with Gasteiger partial charge in [0.25, 0.3) is 0 Å². The van der Waals surface area contributed by atoms with Crippen molar-refractivity contribution in [2.45, 2.75) is 32.3 Å². The monoisotopic (exact) mass is 379 g/mol. The second-order valence-electron chi connectivity index (χ2n) is 7.22. The third kappa shape index (κ3) is 5.39. The minimum absolute atomic E-state index is 0.443. The molecule has 0 saturated carbocycles. The van der Waals surface area contributed by atoms with Crippen LogP contribution in [0.5, 0.6) is 5.88 Å². The maximum atomic E-state index is 8.97. The van der Waals surface area contributed by atoms with E-state index in [2.05, 4.69) is 39.8 Å². The summed E-state index contributed by atoms with van der Waals surface area (Å²) in [5.41, 5.74) is 4.04. The molecular formula is C22H26N3OP. The van der Waals surface area contributed by atoms with E-state index in [9.17, 15) is 0 Å². The van der Waals surface area contributed by atoms with Gasteiger partial charge in [0.05, 0.1) is 11.6 Å². The van der Waals surface area contributed by atoms with Crippen LogP contribution in [-0.4, -0.2) is 29.5 Å². The molecule has 3 rings (SSSR count). The molecule has 0 aliphatic carbocycles. The van der Waals surface area contributed by atoms with E-state index in [1.54, 1.807) is 0 Å². The maximum Gasteiger partial charge on any atom is 0.213 e. The molecule has 1 aromatic heterocycles. The molecule has 27 heavy (non-hydrogen) atoms. The van der Waals surface area contributed by atoms with Crippen molar-refractivity contribution in [3.63, 3.8) is 0 Å². The zero-order chi connectivity index (χ0) is 19.2. The van der Waals surface area contributed by atoms with Crippen molar-refractivity contribution in [2.75, 3.05) is 19.6 Å². The Balaban J connectivity index is 1.60. The van der Waals surface area contributed by atoms with Crippen molar-refractivity contribution in [1.29, 1.82) is 5.26 Å². The molecule has 0 amide bonds. The van der Waals surface area contributed by atoms with Gasteiger partial charge in [-0.2, -0.15) is 5.26 Å². The Morgan fingerprint density at radius 3 is 2.78 bits per heavy atom. The van der Waals surface area contributed by atoms with Crippen LogP contribution in [0.4, 0.5) is 0 Å². The topological polar surface area (TPSA) is 49.1 Å². The number of rotatable bonds is 6. The lowest BCUT2D eigenvalue weighted by Crippen LogP contribution is -2.34. The highest BCUT2D eigenvalue weighted by atomic mass is 31.0. The molecule has 1 atom stereocenters. The minimum Gasteiger partial charge on any atom is -0.473 e. The van der Waals surface area contributed by atoms with Gasteiger partial charge >= 0.3 is 0 Å². The predicted molar refractivity (Wildman–Crippen MR) is 112 cm³/mol. The Labute approximate surface area is 164 Å². The summed E-state index contributed by atoms with van der Waals surface area (Å²) in [6.45, 7) is 9.71. The Morgan fingerprint density at radius 2 is 2.11 bits per heavy atom. The second kappa shape index (κ2) is 9.13. The summed E-state index contributed by atoms with van der Waals surface area (Å²) < 4.78 is 5.92. The van der Waals surface area contributed by atoms with Crippen molar-refractivity contribution >= 4 is 14.5 Å². The van der Waals surface area contributed by atoms with Crippen LogP contribution >= 0.6 is 9.24 Å². The molecular weight excluding hydrogens is 353 g/mol. The average Bonchev–Trinajstić information content (AvgIpc) is 2.67. The molecule has 0 radical (unpaired) electrons. The molecule has 2 aromatic rings. The van der Waals surface area contributed by atoms with Gasteiger partial charge in [0.2, 0.25) is 5.88 Å². The maximum absolute atomic E-state index is 8.97. The third-order valence-electron chi connectivity index (χ3n) is 4.89. The van der Waals surface area contributed by atoms with Gasteiger partial charge in [0.15, 0.2) is 0 Å². The molecule has 1 aliphatic heterocycles. The van der Waals surface area contributed by atoms with E-state index in [4.69, 9.17) is 15.0 Å². The van der Waals surface area contributed by atoms with E-state index in [-0.39, 0.29) is 0 Å². The fourth-order valence-corrected chi connectivity index (χ4v) is 3.81. The van der Waals surface area contributed by atoms with Crippen LogP contribution in [0.3, 0.4) is 0 Å². The van der Waals surface area contributed by atoms with Crippen molar-refractivity contribution < 1.29 is 4.74 Å². The number of piperidine rings is 1. The van der Waals surface area contributed by atoms with Crippen molar-refractivity contribution in [3.05, 3.63) is 65.4 Å². The zero-order valence-electron chi connectivity index (χ0n) is 15.8. The van der Waals surface area contributed by atoms with Crippen LogP contribution in [0, 0.1) is 11.3 Å². The van der Waals surface area contributed by atoms with E-state index < -0.39 is 0 Å². The molecule has 2 heterocycles. The molecule has 1 fully saturated rings. The molecule has 0 spiro atoms. The highest BCUT2D eigenvalue weighted by Gasteiger charge is 2.21. The number of hydrogen-bond acceptors (Lipinski definition) is 4. The van der Waals surface area contributed by atoms with E-state index in [1.165, 1.54) is 5.57 Å². The van der Waals surface area contributed by atoms with Crippen LogP contribution in [-0.2, 0) is 6.61 Å².